The van der Waals surface area contributed by atoms with Gasteiger partial charge < -0.3 is 10.5 Å². The number of hydrogen-bond donors (Lipinski definition) is 1. The first-order valence-corrected chi connectivity index (χ1v) is 7.55. The van der Waals surface area contributed by atoms with Crippen LogP contribution in [0.15, 0.2) is 54.6 Å². The maximum Gasteiger partial charge on any atom is 0.142 e. The number of pyridine rings is 1. The fourth-order valence-electron chi connectivity index (χ4n) is 2.86. The first kappa shape index (κ1) is 15.6. The Morgan fingerprint density at radius 1 is 1.00 bits per heavy atom. The third-order valence-electron chi connectivity index (χ3n) is 3.94. The Labute approximate surface area is 141 Å². The van der Waals surface area contributed by atoms with E-state index in [-0.39, 0.29) is 5.82 Å². The largest absolute Gasteiger partial charge is 0.497 e. The van der Waals surface area contributed by atoms with Crippen LogP contribution >= 0.6 is 0 Å². The van der Waals surface area contributed by atoms with Gasteiger partial charge in [0, 0.05) is 16.8 Å². The van der Waals surface area contributed by atoms with Crippen molar-refractivity contribution in [2.45, 2.75) is 6.92 Å². The zero-order chi connectivity index (χ0) is 17.1. The lowest BCUT2D eigenvalue weighted by Crippen LogP contribution is -2.03. The smallest absolute Gasteiger partial charge is 0.142 e. The van der Waals surface area contributed by atoms with E-state index in [2.05, 4.69) is 11.1 Å². The summed E-state index contributed by atoms with van der Waals surface area (Å²) >= 11 is 0. The average molecular weight is 315 g/mol. The second-order valence-corrected chi connectivity index (χ2v) is 5.42. The van der Waals surface area contributed by atoms with Gasteiger partial charge in [0.2, 0.25) is 0 Å². The molecule has 118 valence electrons. The van der Waals surface area contributed by atoms with Gasteiger partial charge in [-0.15, -0.1) is 0 Å². The molecule has 4 heteroatoms. The minimum absolute atomic E-state index is 0.243. The van der Waals surface area contributed by atoms with Crippen molar-refractivity contribution in [3.05, 3.63) is 65.9 Å². The Morgan fingerprint density at radius 2 is 1.71 bits per heavy atom. The highest BCUT2D eigenvalue weighted by Crippen LogP contribution is 2.39. The maximum atomic E-state index is 9.65. The lowest BCUT2D eigenvalue weighted by Gasteiger charge is -2.16. The van der Waals surface area contributed by atoms with Gasteiger partial charge in [-0.25, -0.2) is 4.98 Å². The molecule has 2 N–H and O–H groups in total. The SMILES string of the molecule is COc1cccc(-c2c(C#N)c(N)nc(C)c2-c2ccccc2)c1. The van der Waals surface area contributed by atoms with E-state index in [9.17, 15) is 5.26 Å². The normalized spacial score (nSPS) is 10.2. The lowest BCUT2D eigenvalue weighted by atomic mass is 9.90. The molecule has 0 radical (unpaired) electrons. The van der Waals surface area contributed by atoms with Crippen molar-refractivity contribution in [2.75, 3.05) is 12.8 Å². The number of hydrogen-bond acceptors (Lipinski definition) is 4. The highest BCUT2D eigenvalue weighted by atomic mass is 16.5. The number of ether oxygens (including phenoxy) is 1. The number of benzene rings is 2. The summed E-state index contributed by atoms with van der Waals surface area (Å²) in [5.41, 5.74) is 10.8. The molecular weight excluding hydrogens is 298 g/mol. The molecule has 0 unspecified atom stereocenters. The second-order valence-electron chi connectivity index (χ2n) is 5.42. The quantitative estimate of drug-likeness (QED) is 0.786. The van der Waals surface area contributed by atoms with Gasteiger partial charge in [0.1, 0.15) is 23.2 Å². The maximum absolute atomic E-state index is 9.65. The van der Waals surface area contributed by atoms with Crippen LogP contribution in [0.25, 0.3) is 22.3 Å². The summed E-state index contributed by atoms with van der Waals surface area (Å²) < 4.78 is 5.33. The summed E-state index contributed by atoms with van der Waals surface area (Å²) in [6.07, 6.45) is 0. The zero-order valence-corrected chi connectivity index (χ0v) is 13.6. The van der Waals surface area contributed by atoms with E-state index in [0.717, 1.165) is 33.7 Å². The van der Waals surface area contributed by atoms with E-state index >= 15 is 0 Å². The zero-order valence-electron chi connectivity index (χ0n) is 13.6. The molecule has 3 aromatic rings. The molecule has 0 saturated heterocycles. The van der Waals surface area contributed by atoms with E-state index < -0.39 is 0 Å². The van der Waals surface area contributed by atoms with E-state index in [4.69, 9.17) is 10.5 Å². The fourth-order valence-corrected chi connectivity index (χ4v) is 2.86. The first-order valence-electron chi connectivity index (χ1n) is 7.55. The molecular formula is C20H17N3O. The van der Waals surface area contributed by atoms with Crippen LogP contribution in [0, 0.1) is 18.3 Å². The van der Waals surface area contributed by atoms with Crippen LogP contribution in [-0.4, -0.2) is 12.1 Å². The molecule has 24 heavy (non-hydrogen) atoms. The van der Waals surface area contributed by atoms with Crippen LogP contribution in [0.1, 0.15) is 11.3 Å². The fraction of sp³-hybridized carbons (Fsp3) is 0.100. The molecule has 0 saturated carbocycles. The number of aromatic nitrogens is 1. The third kappa shape index (κ3) is 2.68. The molecule has 0 aliphatic heterocycles. The number of anilines is 1. The number of nitrogens with two attached hydrogens (primary N) is 1. The molecule has 0 fully saturated rings. The summed E-state index contributed by atoms with van der Waals surface area (Å²) in [6, 6.07) is 19.7. The topological polar surface area (TPSA) is 71.9 Å². The highest BCUT2D eigenvalue weighted by molar-refractivity contribution is 5.91. The number of nitriles is 1. The van der Waals surface area contributed by atoms with Gasteiger partial charge in [-0.3, -0.25) is 0 Å². The van der Waals surface area contributed by atoms with Crippen LogP contribution in [0.2, 0.25) is 0 Å². The van der Waals surface area contributed by atoms with Crippen molar-refractivity contribution in [3.63, 3.8) is 0 Å². The Hall–Kier alpha value is -3.32. The van der Waals surface area contributed by atoms with Crippen molar-refractivity contribution in [1.82, 2.24) is 4.98 Å². The molecule has 0 atom stereocenters. The molecule has 0 aliphatic rings. The molecule has 1 aromatic heterocycles. The van der Waals surface area contributed by atoms with Crippen molar-refractivity contribution in [2.24, 2.45) is 0 Å². The van der Waals surface area contributed by atoms with Crippen LogP contribution in [0.5, 0.6) is 5.75 Å². The van der Waals surface area contributed by atoms with Crippen LogP contribution < -0.4 is 10.5 Å². The second kappa shape index (κ2) is 6.43. The van der Waals surface area contributed by atoms with Crippen molar-refractivity contribution >= 4 is 5.82 Å². The van der Waals surface area contributed by atoms with Gasteiger partial charge in [-0.1, -0.05) is 42.5 Å². The van der Waals surface area contributed by atoms with Crippen LogP contribution in [-0.2, 0) is 0 Å². The van der Waals surface area contributed by atoms with Crippen LogP contribution in [0.3, 0.4) is 0 Å². The number of rotatable bonds is 3. The van der Waals surface area contributed by atoms with Crippen LogP contribution in [0.4, 0.5) is 5.82 Å². The molecule has 0 aliphatic carbocycles. The lowest BCUT2D eigenvalue weighted by molar-refractivity contribution is 0.415. The van der Waals surface area contributed by atoms with E-state index in [1.807, 2.05) is 61.5 Å². The van der Waals surface area contributed by atoms with Crippen molar-refractivity contribution < 1.29 is 4.74 Å². The summed E-state index contributed by atoms with van der Waals surface area (Å²) in [6.45, 7) is 1.91. The molecule has 4 nitrogen and oxygen atoms in total. The van der Waals surface area contributed by atoms with Gasteiger partial charge in [0.05, 0.1) is 7.11 Å². The van der Waals surface area contributed by atoms with E-state index in [1.54, 1.807) is 7.11 Å². The van der Waals surface area contributed by atoms with E-state index in [1.165, 1.54) is 0 Å². The standard InChI is InChI=1S/C20H17N3O/c1-13-18(14-7-4-3-5-8-14)19(17(12-21)20(22)23-13)15-9-6-10-16(11-15)24-2/h3-11H,1-2H3,(H2,22,23). The molecule has 3 rings (SSSR count). The summed E-state index contributed by atoms with van der Waals surface area (Å²) in [5.74, 6) is 0.968. The molecule has 0 amide bonds. The first-order chi connectivity index (χ1) is 11.7. The number of nitrogens with zero attached hydrogens (tertiary/aromatic N) is 2. The Balaban J connectivity index is 2.40. The summed E-state index contributed by atoms with van der Waals surface area (Å²) in [4.78, 5) is 4.37. The predicted octanol–water partition coefficient (Wildman–Crippen LogP) is 4.19. The Morgan fingerprint density at radius 3 is 2.38 bits per heavy atom. The van der Waals surface area contributed by atoms with E-state index in [0.29, 0.717) is 5.56 Å². The Kier molecular flexibility index (Phi) is 4.17. The number of aryl methyl sites for hydroxylation is 1. The minimum atomic E-state index is 0.243. The molecule has 1 heterocycles. The van der Waals surface area contributed by atoms with Gasteiger partial charge in [-0.05, 0) is 30.2 Å². The van der Waals surface area contributed by atoms with Crippen molar-refractivity contribution in [3.8, 4) is 34.1 Å². The average Bonchev–Trinajstić information content (AvgIpc) is 2.62. The highest BCUT2D eigenvalue weighted by Gasteiger charge is 2.19. The van der Waals surface area contributed by atoms with Gasteiger partial charge >= 0.3 is 0 Å². The summed E-state index contributed by atoms with van der Waals surface area (Å²) in [5, 5.41) is 9.65. The van der Waals surface area contributed by atoms with Crippen molar-refractivity contribution in [1.29, 1.82) is 5.26 Å². The number of nitrogen functional groups attached to an aromatic ring is 1. The Bertz CT molecular complexity index is 928. The molecule has 0 spiro atoms. The monoisotopic (exact) mass is 315 g/mol. The van der Waals surface area contributed by atoms with Gasteiger partial charge in [0.25, 0.3) is 0 Å². The third-order valence-corrected chi connectivity index (χ3v) is 3.94. The number of methoxy groups -OCH3 is 1. The summed E-state index contributed by atoms with van der Waals surface area (Å²) in [7, 11) is 1.62. The van der Waals surface area contributed by atoms with Gasteiger partial charge in [-0.2, -0.15) is 5.26 Å². The minimum Gasteiger partial charge on any atom is -0.497 e. The van der Waals surface area contributed by atoms with Gasteiger partial charge in [0.15, 0.2) is 0 Å². The molecule has 2 aromatic carbocycles. The molecule has 0 bridgehead atoms. The predicted molar refractivity (Wildman–Crippen MR) is 95.5 cm³/mol.